The molecule has 1 rings (SSSR count). The van der Waals surface area contributed by atoms with E-state index in [0.717, 1.165) is 0 Å². The summed E-state index contributed by atoms with van der Waals surface area (Å²) < 4.78 is 7.65. The second-order valence-corrected chi connectivity index (χ2v) is 3.28. The first-order valence-electron chi connectivity index (χ1n) is 5.16. The van der Waals surface area contributed by atoms with E-state index >= 15 is 0 Å². The molecule has 14 heavy (non-hydrogen) atoms. The molecule has 3 heteroatoms. The lowest BCUT2D eigenvalue weighted by atomic mass is 10.2. The van der Waals surface area contributed by atoms with Gasteiger partial charge in [0.05, 0.1) is 12.0 Å². The quantitative estimate of drug-likeness (QED) is 0.755. The minimum atomic E-state index is -0.171. The van der Waals surface area contributed by atoms with Crippen molar-refractivity contribution in [3.05, 3.63) is 34.8 Å². The molecule has 0 saturated heterocycles. The molecule has 0 heterocycles. The third-order valence-corrected chi connectivity index (χ3v) is 2.38. The first kappa shape index (κ1) is 9.53. The highest BCUT2D eigenvalue weighted by Gasteiger charge is 2.14. The van der Waals surface area contributed by atoms with Gasteiger partial charge in [0.25, 0.3) is 5.91 Å². The summed E-state index contributed by atoms with van der Waals surface area (Å²) in [4.78, 5) is 13.6. The van der Waals surface area contributed by atoms with Gasteiger partial charge in [-0.1, -0.05) is 23.7 Å². The third-order valence-electron chi connectivity index (χ3n) is 2.07. The summed E-state index contributed by atoms with van der Waals surface area (Å²) in [7, 11) is 0. The van der Waals surface area contributed by atoms with Crippen LogP contribution in [0, 0.1) is 0 Å². The predicted molar refractivity (Wildman–Crippen MR) is 58.7 cm³/mol. The average molecular weight is 213 g/mol. The van der Waals surface area contributed by atoms with Crippen molar-refractivity contribution in [3.63, 3.8) is 0 Å². The monoisotopic (exact) mass is 212 g/mol. The van der Waals surface area contributed by atoms with Crippen LogP contribution in [0.4, 0.5) is 0 Å². The molecule has 0 aliphatic heterocycles. The number of amides is 1. The normalized spacial score (nSPS) is 10.9. The minimum Gasteiger partial charge on any atom is -0.339 e. The maximum Gasteiger partial charge on any atom is 0.255 e. The van der Waals surface area contributed by atoms with E-state index < -0.39 is 0 Å². The molecule has 1 aromatic rings. The molecule has 0 fully saturated rings. The zero-order valence-electron chi connectivity index (χ0n) is 9.38. The highest BCUT2D eigenvalue weighted by molar-refractivity contribution is 6.33. The Labute approximate surface area is 90.9 Å². The van der Waals surface area contributed by atoms with E-state index in [1.165, 1.54) is 0 Å². The summed E-state index contributed by atoms with van der Waals surface area (Å²) in [6.45, 7) is 5.06. The van der Waals surface area contributed by atoms with Crippen LogP contribution in [-0.2, 0) is 0 Å². The maximum absolute atomic E-state index is 12.0. The number of nitrogens with zero attached hydrogens (tertiary/aromatic N) is 1. The van der Waals surface area contributed by atoms with E-state index in [4.69, 9.17) is 13.0 Å². The zero-order valence-corrected chi connectivity index (χ0v) is 9.14. The fourth-order valence-corrected chi connectivity index (χ4v) is 1.46. The average Bonchev–Trinajstić information content (AvgIpc) is 2.19. The molecule has 0 spiro atoms. The van der Waals surface area contributed by atoms with E-state index in [1.807, 2.05) is 13.8 Å². The minimum absolute atomic E-state index is 0.171. The largest absolute Gasteiger partial charge is 0.339 e. The van der Waals surface area contributed by atoms with Crippen molar-refractivity contribution in [1.29, 1.82) is 0 Å². The Morgan fingerprint density at radius 3 is 2.64 bits per heavy atom. The first-order valence-corrected chi connectivity index (χ1v) is 5.04. The first-order chi connectivity index (χ1) is 7.11. The van der Waals surface area contributed by atoms with Crippen LogP contribution in [0.25, 0.3) is 0 Å². The number of carbonyl (C=O) groups is 1. The smallest absolute Gasteiger partial charge is 0.255 e. The van der Waals surface area contributed by atoms with Crippen LogP contribution in [0.5, 0.6) is 0 Å². The van der Waals surface area contributed by atoms with Gasteiger partial charge < -0.3 is 4.90 Å². The molecule has 0 saturated carbocycles. The summed E-state index contributed by atoms with van der Waals surface area (Å²) >= 11 is 5.91. The third kappa shape index (κ3) is 2.26. The number of hydrogen-bond donors (Lipinski definition) is 0. The van der Waals surface area contributed by atoms with Crippen molar-refractivity contribution in [2.45, 2.75) is 13.8 Å². The Morgan fingerprint density at radius 1 is 1.50 bits per heavy atom. The van der Waals surface area contributed by atoms with Gasteiger partial charge in [-0.25, -0.2) is 0 Å². The van der Waals surface area contributed by atoms with Gasteiger partial charge in [-0.2, -0.15) is 0 Å². The van der Waals surface area contributed by atoms with E-state index in [1.54, 1.807) is 23.1 Å². The summed E-state index contributed by atoms with van der Waals surface area (Å²) in [5.74, 6) is -0.171. The molecule has 0 radical (unpaired) electrons. The standard InChI is InChI=1S/C11H14ClNO/c1-3-13(4-2)11(14)9-7-5-6-8-10(9)12/h5-8H,3-4H2,1-2H3/i7D. The molecule has 0 atom stereocenters. The van der Waals surface area contributed by atoms with Gasteiger partial charge >= 0.3 is 0 Å². The highest BCUT2D eigenvalue weighted by Crippen LogP contribution is 2.16. The summed E-state index contributed by atoms with van der Waals surface area (Å²) in [5, 5.41) is 0.347. The summed E-state index contributed by atoms with van der Waals surface area (Å²) in [5.41, 5.74) is 0.294. The van der Waals surface area contributed by atoms with Crippen LogP contribution in [0.15, 0.2) is 24.2 Å². The Bertz CT molecular complexity index is 343. The molecule has 1 aromatic carbocycles. The summed E-state index contributed by atoms with van der Waals surface area (Å²) in [6, 6.07) is 5.06. The van der Waals surface area contributed by atoms with Crippen molar-refractivity contribution < 1.29 is 6.17 Å². The van der Waals surface area contributed by atoms with E-state index in [-0.39, 0.29) is 11.9 Å². The van der Waals surface area contributed by atoms with Crippen LogP contribution in [0.2, 0.25) is 5.02 Å². The van der Waals surface area contributed by atoms with E-state index in [0.29, 0.717) is 23.7 Å². The van der Waals surface area contributed by atoms with Crippen molar-refractivity contribution in [2.24, 2.45) is 0 Å². The second kappa shape index (κ2) is 5.01. The molecule has 0 bridgehead atoms. The molecule has 0 aromatic heterocycles. The van der Waals surface area contributed by atoms with Crippen molar-refractivity contribution in [2.75, 3.05) is 13.1 Å². The Morgan fingerprint density at radius 2 is 2.14 bits per heavy atom. The van der Waals surface area contributed by atoms with Gasteiger partial charge in [-0.3, -0.25) is 4.79 Å². The lowest BCUT2D eigenvalue weighted by Crippen LogP contribution is -2.30. The van der Waals surface area contributed by atoms with Gasteiger partial charge in [0.15, 0.2) is 0 Å². The number of carbonyl (C=O) groups excluding carboxylic acids is 1. The molecule has 1 amide bonds. The molecule has 0 N–H and O–H groups in total. The fraction of sp³-hybridized carbons (Fsp3) is 0.364. The van der Waals surface area contributed by atoms with Gasteiger partial charge in [-0.05, 0) is 26.0 Å². The molecular weight excluding hydrogens is 198 g/mol. The molecule has 2 nitrogen and oxygen atoms in total. The number of rotatable bonds is 3. The number of halogens is 1. The number of benzene rings is 1. The number of hydrogen-bond acceptors (Lipinski definition) is 1. The predicted octanol–water partition coefficient (Wildman–Crippen LogP) is 2.82. The van der Waals surface area contributed by atoms with Crippen LogP contribution < -0.4 is 0 Å². The Hall–Kier alpha value is -1.02. The lowest BCUT2D eigenvalue weighted by molar-refractivity contribution is 0.0773. The zero-order chi connectivity index (χ0) is 11.4. The van der Waals surface area contributed by atoms with Gasteiger partial charge in [-0.15, -0.1) is 0 Å². The summed E-state index contributed by atoms with van der Waals surface area (Å²) in [6.07, 6.45) is 0. The lowest BCUT2D eigenvalue weighted by Gasteiger charge is -2.18. The molecule has 0 aliphatic carbocycles. The molecular formula is C11H14ClNO. The van der Waals surface area contributed by atoms with Gasteiger partial charge in [0, 0.05) is 13.1 Å². The van der Waals surface area contributed by atoms with Crippen LogP contribution >= 0.6 is 11.6 Å². The fourth-order valence-electron chi connectivity index (χ4n) is 1.25. The molecule has 76 valence electrons. The highest BCUT2D eigenvalue weighted by atomic mass is 35.5. The molecule has 0 unspecified atom stereocenters. The second-order valence-electron chi connectivity index (χ2n) is 2.87. The van der Waals surface area contributed by atoms with Gasteiger partial charge in [0.1, 0.15) is 0 Å². The van der Waals surface area contributed by atoms with Crippen molar-refractivity contribution >= 4 is 17.5 Å². The van der Waals surface area contributed by atoms with Crippen LogP contribution in [-0.4, -0.2) is 23.9 Å². The van der Waals surface area contributed by atoms with E-state index in [2.05, 4.69) is 0 Å². The van der Waals surface area contributed by atoms with Crippen LogP contribution in [0.3, 0.4) is 0 Å². The maximum atomic E-state index is 12.0. The molecule has 0 aliphatic rings. The van der Waals surface area contributed by atoms with Crippen molar-refractivity contribution in [1.82, 2.24) is 4.90 Å². The van der Waals surface area contributed by atoms with Crippen LogP contribution in [0.1, 0.15) is 25.6 Å². The topological polar surface area (TPSA) is 20.3 Å². The SMILES string of the molecule is [2H]c1cccc(Cl)c1C(=O)N(CC)CC. The van der Waals surface area contributed by atoms with Crippen molar-refractivity contribution in [3.8, 4) is 0 Å². The van der Waals surface area contributed by atoms with E-state index in [9.17, 15) is 4.79 Å². The van der Waals surface area contributed by atoms with Gasteiger partial charge in [0.2, 0.25) is 0 Å². The Kier molecular flexibility index (Phi) is 3.41. The Balaban J connectivity index is 3.10.